The minimum absolute atomic E-state index is 0. The highest BCUT2D eigenvalue weighted by molar-refractivity contribution is 5.85. The van der Waals surface area contributed by atoms with Crippen molar-refractivity contribution in [2.75, 3.05) is 20.2 Å². The van der Waals surface area contributed by atoms with Gasteiger partial charge < -0.3 is 19.5 Å². The molecule has 24 heavy (non-hydrogen) atoms. The van der Waals surface area contributed by atoms with Gasteiger partial charge in [0.2, 0.25) is 0 Å². The molecular weight excluding hydrogens is 326 g/mol. The first-order valence-electron chi connectivity index (χ1n) is 8.69. The van der Waals surface area contributed by atoms with Gasteiger partial charge in [0.1, 0.15) is 12.2 Å². The van der Waals surface area contributed by atoms with Crippen LogP contribution in [0.25, 0.3) is 0 Å². The summed E-state index contributed by atoms with van der Waals surface area (Å²) in [5.74, 6) is 2.14. The number of halogens is 1. The zero-order valence-electron chi connectivity index (χ0n) is 14.1. The number of nitrogens with zero attached hydrogens (tertiary/aromatic N) is 1. The van der Waals surface area contributed by atoms with Crippen molar-refractivity contribution in [3.63, 3.8) is 0 Å². The van der Waals surface area contributed by atoms with Crippen LogP contribution >= 0.6 is 12.4 Å². The molecule has 2 aliphatic heterocycles. The number of rotatable bonds is 2. The molecule has 2 heterocycles. The minimum Gasteiger partial charge on any atom is -0.490 e. The third-order valence-corrected chi connectivity index (χ3v) is 6.43. The van der Waals surface area contributed by atoms with E-state index in [0.717, 1.165) is 30.9 Å². The van der Waals surface area contributed by atoms with E-state index in [1.54, 1.807) is 0 Å². The average molecular weight is 350 g/mol. The number of ether oxygens (including phenoxy) is 2. The molecule has 0 radical (unpaired) electrons. The Kier molecular flexibility index (Phi) is 3.64. The van der Waals surface area contributed by atoms with E-state index >= 15 is 0 Å². The summed E-state index contributed by atoms with van der Waals surface area (Å²) < 4.78 is 12.2. The molecule has 4 aliphatic rings. The molecule has 1 aromatic carbocycles. The number of hydrogen-bond acceptors (Lipinski definition) is 4. The molecule has 1 aromatic rings. The largest absolute Gasteiger partial charge is 0.490 e. The maximum atomic E-state index is 10.6. The molecule has 1 N–H and O–H groups in total. The van der Waals surface area contributed by atoms with Gasteiger partial charge in [0, 0.05) is 22.9 Å². The van der Waals surface area contributed by atoms with Crippen molar-refractivity contribution in [3.05, 3.63) is 35.4 Å². The van der Waals surface area contributed by atoms with Gasteiger partial charge in [-0.15, -0.1) is 12.4 Å². The second-order valence-corrected chi connectivity index (χ2v) is 7.34. The fourth-order valence-electron chi connectivity index (χ4n) is 5.50. The van der Waals surface area contributed by atoms with Gasteiger partial charge >= 0.3 is 0 Å². The van der Waals surface area contributed by atoms with Gasteiger partial charge in [-0.3, -0.25) is 0 Å². The fourth-order valence-corrected chi connectivity index (χ4v) is 5.50. The Morgan fingerprint density at radius 1 is 1.38 bits per heavy atom. The lowest BCUT2D eigenvalue weighted by molar-refractivity contribution is -0.0453. The monoisotopic (exact) mass is 349 g/mol. The van der Waals surface area contributed by atoms with Crippen LogP contribution in [0.3, 0.4) is 0 Å². The molecular formula is C19H24ClNO3. The zero-order valence-corrected chi connectivity index (χ0v) is 14.9. The van der Waals surface area contributed by atoms with Crippen LogP contribution in [-0.4, -0.2) is 48.5 Å². The Morgan fingerprint density at radius 3 is 3.00 bits per heavy atom. The van der Waals surface area contributed by atoms with Crippen LogP contribution in [0, 0.1) is 5.92 Å². The molecule has 1 fully saturated rings. The number of likely N-dealkylation sites (tertiary alicyclic amines) is 1. The van der Waals surface area contributed by atoms with Crippen molar-refractivity contribution >= 4 is 12.4 Å². The van der Waals surface area contributed by atoms with Gasteiger partial charge in [-0.25, -0.2) is 0 Å². The highest BCUT2D eigenvalue weighted by atomic mass is 35.5. The number of aliphatic hydroxyl groups excluding tert-OH is 1. The van der Waals surface area contributed by atoms with Gasteiger partial charge in [0.15, 0.2) is 11.5 Å². The molecule has 5 heteroatoms. The van der Waals surface area contributed by atoms with Crippen molar-refractivity contribution in [3.8, 4) is 11.5 Å². The van der Waals surface area contributed by atoms with Crippen LogP contribution in [0.2, 0.25) is 0 Å². The smallest absolute Gasteiger partial charge is 0.165 e. The first-order valence-corrected chi connectivity index (χ1v) is 8.69. The van der Waals surface area contributed by atoms with E-state index in [1.807, 2.05) is 19.1 Å². The summed E-state index contributed by atoms with van der Waals surface area (Å²) in [5.41, 5.74) is 2.62. The van der Waals surface area contributed by atoms with E-state index in [9.17, 15) is 5.11 Å². The molecule has 0 amide bonds. The van der Waals surface area contributed by atoms with Crippen molar-refractivity contribution in [2.45, 2.75) is 43.4 Å². The van der Waals surface area contributed by atoms with E-state index < -0.39 is 6.10 Å². The summed E-state index contributed by atoms with van der Waals surface area (Å²) in [5, 5.41) is 10.6. The third kappa shape index (κ3) is 1.77. The number of hydrogen-bond donors (Lipinski definition) is 1. The SMILES string of the molecule is CCOc1ccc2c3c1OC1C(O)C=CC4C(C2)N(C)CCC341.Cl. The summed E-state index contributed by atoms with van der Waals surface area (Å²) in [4.78, 5) is 2.48. The number of benzene rings is 1. The van der Waals surface area contributed by atoms with Crippen molar-refractivity contribution in [2.24, 2.45) is 5.92 Å². The normalized spacial score (nSPS) is 38.1. The number of likely N-dealkylation sites (N-methyl/N-ethyl adjacent to an activating group) is 1. The predicted octanol–water partition coefficient (Wildman–Crippen LogP) is 2.31. The minimum atomic E-state index is -0.539. The molecule has 0 aromatic heterocycles. The van der Waals surface area contributed by atoms with Crippen LogP contribution in [0.4, 0.5) is 0 Å². The molecule has 4 nitrogen and oxygen atoms in total. The molecule has 5 unspecified atom stereocenters. The molecule has 1 saturated heterocycles. The van der Waals surface area contributed by atoms with Crippen LogP contribution in [0.15, 0.2) is 24.3 Å². The maximum absolute atomic E-state index is 10.6. The molecule has 5 rings (SSSR count). The Balaban J connectivity index is 0.00000146. The van der Waals surface area contributed by atoms with Crippen LogP contribution < -0.4 is 9.47 Å². The van der Waals surface area contributed by atoms with Gasteiger partial charge in [-0.05, 0) is 45.0 Å². The third-order valence-electron chi connectivity index (χ3n) is 6.43. The molecule has 5 atom stereocenters. The van der Waals surface area contributed by atoms with Gasteiger partial charge in [0.25, 0.3) is 0 Å². The Morgan fingerprint density at radius 2 is 2.21 bits per heavy atom. The molecule has 0 saturated carbocycles. The Labute approximate surface area is 148 Å². The first-order chi connectivity index (χ1) is 11.2. The molecule has 1 spiro atoms. The quantitative estimate of drug-likeness (QED) is 0.832. The molecule has 2 bridgehead atoms. The second-order valence-electron chi connectivity index (χ2n) is 7.34. The highest BCUT2D eigenvalue weighted by Gasteiger charge is 2.64. The maximum Gasteiger partial charge on any atom is 0.165 e. The Hall–Kier alpha value is -1.23. The Bertz CT molecular complexity index is 706. The predicted molar refractivity (Wildman–Crippen MR) is 94.3 cm³/mol. The van der Waals surface area contributed by atoms with Gasteiger partial charge in [0.05, 0.1) is 6.61 Å². The van der Waals surface area contributed by atoms with Gasteiger partial charge in [-0.1, -0.05) is 18.2 Å². The topological polar surface area (TPSA) is 41.9 Å². The average Bonchev–Trinajstić information content (AvgIpc) is 2.90. The van der Waals surface area contributed by atoms with Gasteiger partial charge in [-0.2, -0.15) is 0 Å². The molecule has 130 valence electrons. The van der Waals surface area contributed by atoms with E-state index in [-0.39, 0.29) is 23.9 Å². The molecule has 2 aliphatic carbocycles. The lowest BCUT2D eigenvalue weighted by Gasteiger charge is -2.56. The summed E-state index contributed by atoms with van der Waals surface area (Å²) in [7, 11) is 2.22. The number of aliphatic hydroxyl groups is 1. The second kappa shape index (κ2) is 5.38. The fraction of sp³-hybridized carbons (Fsp3) is 0.579. The van der Waals surface area contributed by atoms with E-state index in [0.29, 0.717) is 18.6 Å². The highest BCUT2D eigenvalue weighted by Crippen LogP contribution is 2.62. The van der Waals surface area contributed by atoms with E-state index in [4.69, 9.17) is 9.47 Å². The van der Waals surface area contributed by atoms with Crippen molar-refractivity contribution in [1.29, 1.82) is 0 Å². The lowest BCUT2D eigenvalue weighted by atomic mass is 9.53. The zero-order chi connectivity index (χ0) is 15.8. The van der Waals surface area contributed by atoms with E-state index in [1.165, 1.54) is 11.1 Å². The number of piperidine rings is 1. The summed E-state index contributed by atoms with van der Waals surface area (Å²) in [6.07, 6.45) is 5.56. The summed E-state index contributed by atoms with van der Waals surface area (Å²) in [6, 6.07) is 4.75. The van der Waals surface area contributed by atoms with Crippen molar-refractivity contribution < 1.29 is 14.6 Å². The standard InChI is InChI=1S/C19H23NO3.ClH/c1-3-22-15-7-4-11-10-13-12-5-6-14(21)18-19(12,8-9-20(13)2)16(11)17(15)23-18;/h4-7,12-14,18,21H,3,8-10H2,1-2H3;1H. The van der Waals surface area contributed by atoms with Crippen molar-refractivity contribution in [1.82, 2.24) is 4.90 Å². The van der Waals surface area contributed by atoms with Crippen LogP contribution in [-0.2, 0) is 11.8 Å². The summed E-state index contributed by atoms with van der Waals surface area (Å²) in [6.45, 7) is 3.68. The van der Waals surface area contributed by atoms with Crippen LogP contribution in [0.1, 0.15) is 24.5 Å². The summed E-state index contributed by atoms with van der Waals surface area (Å²) >= 11 is 0. The first kappa shape index (κ1) is 16.2. The van der Waals surface area contributed by atoms with Crippen LogP contribution in [0.5, 0.6) is 11.5 Å². The lowest BCUT2D eigenvalue weighted by Crippen LogP contribution is -2.64. The van der Waals surface area contributed by atoms with E-state index in [2.05, 4.69) is 24.1 Å².